The number of anilines is 1. The summed E-state index contributed by atoms with van der Waals surface area (Å²) in [5, 5.41) is 2.65. The second kappa shape index (κ2) is 9.92. The molecule has 1 amide bonds. The fraction of sp³-hybridized carbons (Fsp3) is 0.286. The van der Waals surface area contributed by atoms with Crippen molar-refractivity contribution in [2.24, 2.45) is 0 Å². The van der Waals surface area contributed by atoms with Gasteiger partial charge in [-0.25, -0.2) is 0 Å². The van der Waals surface area contributed by atoms with Crippen LogP contribution in [0.25, 0.3) is 0 Å². The van der Waals surface area contributed by atoms with Gasteiger partial charge in [0, 0.05) is 17.0 Å². The van der Waals surface area contributed by atoms with Crippen molar-refractivity contribution in [2.45, 2.75) is 32.6 Å². The molecule has 0 fully saturated rings. The zero-order valence-electron chi connectivity index (χ0n) is 15.7. The van der Waals surface area contributed by atoms with E-state index in [0.717, 1.165) is 5.56 Å². The van der Waals surface area contributed by atoms with Gasteiger partial charge >= 0.3 is 5.97 Å². The van der Waals surface area contributed by atoms with Crippen LogP contribution in [0.3, 0.4) is 0 Å². The second-order valence-electron chi connectivity index (χ2n) is 6.24. The van der Waals surface area contributed by atoms with Gasteiger partial charge in [-0.2, -0.15) is 0 Å². The maximum absolute atomic E-state index is 12.2. The Hall–Kier alpha value is -2.60. The van der Waals surface area contributed by atoms with Crippen molar-refractivity contribution < 1.29 is 19.1 Å². The van der Waals surface area contributed by atoms with E-state index in [1.54, 1.807) is 24.3 Å². The lowest BCUT2D eigenvalue weighted by Crippen LogP contribution is -2.30. The first-order valence-corrected chi connectivity index (χ1v) is 9.75. The number of ether oxygens (including phenoxy) is 1. The van der Waals surface area contributed by atoms with Gasteiger partial charge in [0.2, 0.25) is 0 Å². The Morgan fingerprint density at radius 3 is 2.48 bits per heavy atom. The van der Waals surface area contributed by atoms with E-state index >= 15 is 0 Å². The van der Waals surface area contributed by atoms with Crippen molar-refractivity contribution >= 4 is 35.1 Å². The lowest BCUT2D eigenvalue weighted by atomic mass is 10.1. The molecule has 0 bridgehead atoms. The zero-order chi connectivity index (χ0) is 19.8. The average Bonchev–Trinajstić information content (AvgIpc) is 2.63. The zero-order valence-corrected chi connectivity index (χ0v) is 16.5. The van der Waals surface area contributed by atoms with Gasteiger partial charge in [0.25, 0.3) is 5.91 Å². The number of hydrogen-bond acceptors (Lipinski definition) is 5. The fourth-order valence-corrected chi connectivity index (χ4v) is 3.05. The highest BCUT2D eigenvalue weighted by molar-refractivity contribution is 7.99. The van der Waals surface area contributed by atoms with E-state index in [4.69, 9.17) is 4.74 Å². The van der Waals surface area contributed by atoms with Crippen LogP contribution in [0.4, 0.5) is 5.69 Å². The molecule has 0 aliphatic carbocycles. The number of carbonyl (C=O) groups is 3. The van der Waals surface area contributed by atoms with Gasteiger partial charge in [-0.1, -0.05) is 42.0 Å². The molecule has 5 nitrogen and oxygen atoms in total. The Bertz CT molecular complexity index is 817. The van der Waals surface area contributed by atoms with Gasteiger partial charge in [0.05, 0.1) is 5.75 Å². The summed E-state index contributed by atoms with van der Waals surface area (Å²) < 4.78 is 5.18. The van der Waals surface area contributed by atoms with Gasteiger partial charge in [0.15, 0.2) is 11.9 Å². The van der Waals surface area contributed by atoms with Gasteiger partial charge in [-0.15, -0.1) is 11.8 Å². The molecular formula is C21H23NO4S. The summed E-state index contributed by atoms with van der Waals surface area (Å²) in [6.45, 7) is 5.00. The topological polar surface area (TPSA) is 72.5 Å². The maximum Gasteiger partial charge on any atom is 0.316 e. The largest absolute Gasteiger partial charge is 0.452 e. The third-order valence-electron chi connectivity index (χ3n) is 3.82. The number of esters is 1. The number of aryl methyl sites for hydroxylation is 1. The van der Waals surface area contributed by atoms with Gasteiger partial charge in [0.1, 0.15) is 0 Å². The number of Topliss-reactive ketones (excluding diaryl/α,β-unsaturated/α-hetero) is 1. The monoisotopic (exact) mass is 385 g/mol. The highest BCUT2D eigenvalue weighted by Gasteiger charge is 2.18. The van der Waals surface area contributed by atoms with Crippen molar-refractivity contribution in [1.82, 2.24) is 0 Å². The van der Waals surface area contributed by atoms with E-state index in [-0.39, 0.29) is 11.5 Å². The Balaban J connectivity index is 1.77. The summed E-state index contributed by atoms with van der Waals surface area (Å²) in [6.07, 6.45) is -0.918. The van der Waals surface area contributed by atoms with Crippen LogP contribution in [0.15, 0.2) is 48.5 Å². The molecule has 0 saturated carbocycles. The molecule has 27 heavy (non-hydrogen) atoms. The molecule has 0 radical (unpaired) electrons. The molecule has 0 aliphatic rings. The summed E-state index contributed by atoms with van der Waals surface area (Å²) in [6, 6.07) is 14.7. The number of benzene rings is 2. The summed E-state index contributed by atoms with van der Waals surface area (Å²) in [4.78, 5) is 35.5. The van der Waals surface area contributed by atoms with E-state index in [1.165, 1.54) is 31.2 Å². The summed E-state index contributed by atoms with van der Waals surface area (Å²) in [7, 11) is 0. The van der Waals surface area contributed by atoms with Gasteiger partial charge in [-0.05, 0) is 38.5 Å². The Morgan fingerprint density at radius 2 is 1.81 bits per heavy atom. The number of ketones is 1. The minimum atomic E-state index is -0.918. The lowest BCUT2D eigenvalue weighted by Gasteiger charge is -2.14. The van der Waals surface area contributed by atoms with E-state index in [1.807, 2.05) is 31.2 Å². The Labute approximate surface area is 163 Å². The van der Waals surface area contributed by atoms with Crippen LogP contribution in [0.1, 0.15) is 35.3 Å². The smallest absolute Gasteiger partial charge is 0.316 e. The maximum atomic E-state index is 12.2. The highest BCUT2D eigenvalue weighted by atomic mass is 32.2. The molecule has 2 aromatic carbocycles. The molecule has 0 spiro atoms. The van der Waals surface area contributed by atoms with Crippen LogP contribution in [-0.2, 0) is 20.1 Å². The predicted octanol–water partition coefficient (Wildman–Crippen LogP) is 4.00. The molecule has 6 heteroatoms. The number of thioether (sulfide) groups is 1. The molecule has 0 saturated heterocycles. The molecule has 1 N–H and O–H groups in total. The number of amides is 1. The Kier molecular flexibility index (Phi) is 7.61. The van der Waals surface area contributed by atoms with E-state index in [0.29, 0.717) is 17.0 Å². The molecule has 2 rings (SSSR count). The summed E-state index contributed by atoms with van der Waals surface area (Å²) in [5.74, 6) is -0.0879. The number of carbonyl (C=O) groups excluding carboxylic acids is 3. The number of hydrogen-bond donors (Lipinski definition) is 1. The normalized spacial score (nSPS) is 11.5. The van der Waals surface area contributed by atoms with Gasteiger partial charge < -0.3 is 10.1 Å². The fourth-order valence-electron chi connectivity index (χ4n) is 2.28. The van der Waals surface area contributed by atoms with Crippen LogP contribution in [-0.4, -0.2) is 29.5 Å². The third kappa shape index (κ3) is 6.90. The second-order valence-corrected chi connectivity index (χ2v) is 7.22. The first-order valence-electron chi connectivity index (χ1n) is 8.60. The molecule has 142 valence electrons. The van der Waals surface area contributed by atoms with Crippen LogP contribution in [0.2, 0.25) is 0 Å². The van der Waals surface area contributed by atoms with Crippen LogP contribution in [0, 0.1) is 6.92 Å². The molecule has 2 aromatic rings. The van der Waals surface area contributed by atoms with Crippen molar-refractivity contribution in [3.63, 3.8) is 0 Å². The molecular weight excluding hydrogens is 362 g/mol. The molecule has 0 aliphatic heterocycles. The minimum Gasteiger partial charge on any atom is -0.452 e. The first kappa shape index (κ1) is 20.7. The van der Waals surface area contributed by atoms with Gasteiger partial charge in [-0.3, -0.25) is 14.4 Å². The number of rotatable bonds is 8. The minimum absolute atomic E-state index is 0.0869. The van der Waals surface area contributed by atoms with E-state index < -0.39 is 18.0 Å². The van der Waals surface area contributed by atoms with Crippen LogP contribution in [0.5, 0.6) is 0 Å². The van der Waals surface area contributed by atoms with Crippen LogP contribution < -0.4 is 5.32 Å². The summed E-state index contributed by atoms with van der Waals surface area (Å²) in [5.41, 5.74) is 3.32. The van der Waals surface area contributed by atoms with Crippen molar-refractivity contribution in [1.29, 1.82) is 0 Å². The highest BCUT2D eigenvalue weighted by Crippen LogP contribution is 2.15. The average molecular weight is 385 g/mol. The molecule has 0 heterocycles. The van der Waals surface area contributed by atoms with E-state index in [9.17, 15) is 14.4 Å². The first-order chi connectivity index (χ1) is 12.8. The lowest BCUT2D eigenvalue weighted by molar-refractivity contribution is -0.150. The van der Waals surface area contributed by atoms with E-state index in [2.05, 4.69) is 5.32 Å². The molecule has 1 atom stereocenters. The van der Waals surface area contributed by atoms with Crippen LogP contribution >= 0.6 is 11.8 Å². The standard InChI is InChI=1S/C21H23NO4S/c1-14-7-9-17(10-8-14)12-27-13-20(24)26-16(3)21(25)22-19-6-4-5-18(11-19)15(2)23/h4-11,16H,12-13H2,1-3H3,(H,22,25)/t16-/m0/s1. The van der Waals surface area contributed by atoms with Crippen molar-refractivity contribution in [3.05, 3.63) is 65.2 Å². The quantitative estimate of drug-likeness (QED) is 0.549. The van der Waals surface area contributed by atoms with Crippen molar-refractivity contribution in [2.75, 3.05) is 11.1 Å². The predicted molar refractivity (Wildman–Crippen MR) is 108 cm³/mol. The summed E-state index contributed by atoms with van der Waals surface area (Å²) >= 11 is 1.44. The Morgan fingerprint density at radius 1 is 1.11 bits per heavy atom. The number of nitrogens with one attached hydrogen (secondary N) is 1. The van der Waals surface area contributed by atoms with Crippen molar-refractivity contribution in [3.8, 4) is 0 Å². The SMILES string of the molecule is CC(=O)c1cccc(NC(=O)[C@H](C)OC(=O)CSCc2ccc(C)cc2)c1. The molecule has 0 unspecified atom stereocenters. The molecule has 0 aromatic heterocycles. The third-order valence-corrected chi connectivity index (χ3v) is 4.80.